The molecule has 1 aliphatic rings. The Kier molecular flexibility index (Phi) is 4.45. The maximum absolute atomic E-state index is 4.72. The van der Waals surface area contributed by atoms with Crippen molar-refractivity contribution in [3.05, 3.63) is 34.7 Å². The fraction of sp³-hybridized carbons (Fsp3) is 0.533. The van der Waals surface area contributed by atoms with Gasteiger partial charge in [0, 0.05) is 56.4 Å². The van der Waals surface area contributed by atoms with Gasteiger partial charge in [-0.15, -0.1) is 11.3 Å². The summed E-state index contributed by atoms with van der Waals surface area (Å²) in [6.45, 7) is 9.44. The molecular weight excluding hydrogens is 282 g/mol. The highest BCUT2D eigenvalue weighted by Crippen LogP contribution is 2.20. The van der Waals surface area contributed by atoms with Crippen molar-refractivity contribution in [3.8, 4) is 0 Å². The standard InChI is InChI=1S/C15H21N5S/c1-12(2)15-18-13(11-21-15)10-19-5-7-20(8-6-19)14-9-16-3-4-17-14/h3-4,9,11-12H,5-8,10H2,1-2H3. The molecule has 1 fully saturated rings. The Morgan fingerprint density at radius 2 is 2.00 bits per heavy atom. The van der Waals surface area contributed by atoms with Gasteiger partial charge >= 0.3 is 0 Å². The van der Waals surface area contributed by atoms with Gasteiger partial charge in [0.2, 0.25) is 0 Å². The monoisotopic (exact) mass is 303 g/mol. The maximum Gasteiger partial charge on any atom is 0.147 e. The van der Waals surface area contributed by atoms with E-state index in [2.05, 4.69) is 39.0 Å². The van der Waals surface area contributed by atoms with Crippen LogP contribution in [0.4, 0.5) is 5.82 Å². The summed E-state index contributed by atoms with van der Waals surface area (Å²) in [6.07, 6.45) is 5.31. The van der Waals surface area contributed by atoms with Gasteiger partial charge in [-0.2, -0.15) is 0 Å². The zero-order chi connectivity index (χ0) is 14.7. The lowest BCUT2D eigenvalue weighted by Crippen LogP contribution is -2.46. The second-order valence-electron chi connectivity index (χ2n) is 5.66. The minimum atomic E-state index is 0.525. The summed E-state index contributed by atoms with van der Waals surface area (Å²) < 4.78 is 0. The van der Waals surface area contributed by atoms with Gasteiger partial charge in [0.15, 0.2) is 0 Å². The van der Waals surface area contributed by atoms with Gasteiger partial charge < -0.3 is 4.90 Å². The van der Waals surface area contributed by atoms with E-state index < -0.39 is 0 Å². The third kappa shape index (κ3) is 3.57. The lowest BCUT2D eigenvalue weighted by molar-refractivity contribution is 0.247. The summed E-state index contributed by atoms with van der Waals surface area (Å²) in [6, 6.07) is 0. The zero-order valence-corrected chi connectivity index (χ0v) is 13.4. The Labute approximate surface area is 129 Å². The van der Waals surface area contributed by atoms with E-state index in [4.69, 9.17) is 4.98 Å². The minimum absolute atomic E-state index is 0.525. The number of aromatic nitrogens is 3. The number of piperazine rings is 1. The van der Waals surface area contributed by atoms with Crippen LogP contribution < -0.4 is 4.90 Å². The largest absolute Gasteiger partial charge is 0.353 e. The van der Waals surface area contributed by atoms with Crippen LogP contribution >= 0.6 is 11.3 Å². The second kappa shape index (κ2) is 6.49. The Balaban J connectivity index is 1.54. The van der Waals surface area contributed by atoms with Crippen molar-refractivity contribution >= 4 is 17.2 Å². The Bertz CT molecular complexity index is 560. The Hall–Kier alpha value is -1.53. The molecule has 5 nitrogen and oxygen atoms in total. The predicted molar refractivity (Wildman–Crippen MR) is 85.7 cm³/mol. The quantitative estimate of drug-likeness (QED) is 0.868. The lowest BCUT2D eigenvalue weighted by atomic mass is 10.2. The van der Waals surface area contributed by atoms with E-state index in [1.807, 2.05) is 6.20 Å². The van der Waals surface area contributed by atoms with Crippen LogP contribution in [0.3, 0.4) is 0 Å². The zero-order valence-electron chi connectivity index (χ0n) is 12.6. The molecule has 0 unspecified atom stereocenters. The highest BCUT2D eigenvalue weighted by atomic mass is 32.1. The molecule has 3 heterocycles. The molecule has 0 aliphatic carbocycles. The molecular formula is C15H21N5S. The molecule has 21 heavy (non-hydrogen) atoms. The van der Waals surface area contributed by atoms with Crippen molar-refractivity contribution in [2.24, 2.45) is 0 Å². The molecule has 0 N–H and O–H groups in total. The van der Waals surface area contributed by atoms with Crippen molar-refractivity contribution in [1.29, 1.82) is 0 Å². The normalized spacial score (nSPS) is 16.6. The highest BCUT2D eigenvalue weighted by Gasteiger charge is 2.19. The summed E-state index contributed by atoms with van der Waals surface area (Å²) >= 11 is 1.78. The number of nitrogens with zero attached hydrogens (tertiary/aromatic N) is 5. The van der Waals surface area contributed by atoms with Gasteiger partial charge in [-0.1, -0.05) is 13.8 Å². The smallest absolute Gasteiger partial charge is 0.147 e. The molecule has 0 amide bonds. The number of hydrogen-bond acceptors (Lipinski definition) is 6. The van der Waals surface area contributed by atoms with Crippen LogP contribution in [0, 0.1) is 0 Å². The van der Waals surface area contributed by atoms with Gasteiger partial charge in [-0.3, -0.25) is 9.88 Å². The Morgan fingerprint density at radius 3 is 2.62 bits per heavy atom. The molecule has 2 aromatic heterocycles. The van der Waals surface area contributed by atoms with Crippen molar-refractivity contribution in [1.82, 2.24) is 19.9 Å². The molecule has 0 atom stereocenters. The van der Waals surface area contributed by atoms with Gasteiger partial charge in [0.05, 0.1) is 16.9 Å². The van der Waals surface area contributed by atoms with Crippen LogP contribution in [0.5, 0.6) is 0 Å². The topological polar surface area (TPSA) is 45.2 Å². The lowest BCUT2D eigenvalue weighted by Gasteiger charge is -2.34. The molecule has 6 heteroatoms. The average Bonchev–Trinajstić information content (AvgIpc) is 2.98. The van der Waals surface area contributed by atoms with E-state index in [1.54, 1.807) is 23.7 Å². The summed E-state index contributed by atoms with van der Waals surface area (Å²) in [5.74, 6) is 1.50. The maximum atomic E-state index is 4.72. The molecule has 0 saturated carbocycles. The third-order valence-corrected chi connectivity index (χ3v) is 4.89. The Morgan fingerprint density at radius 1 is 1.19 bits per heavy atom. The fourth-order valence-corrected chi connectivity index (χ4v) is 3.31. The van der Waals surface area contributed by atoms with E-state index in [-0.39, 0.29) is 0 Å². The number of hydrogen-bond donors (Lipinski definition) is 0. The second-order valence-corrected chi connectivity index (χ2v) is 6.55. The van der Waals surface area contributed by atoms with Gasteiger partial charge in [-0.25, -0.2) is 9.97 Å². The van der Waals surface area contributed by atoms with Crippen molar-refractivity contribution in [3.63, 3.8) is 0 Å². The van der Waals surface area contributed by atoms with Crippen LogP contribution in [0.2, 0.25) is 0 Å². The van der Waals surface area contributed by atoms with Crippen LogP contribution in [0.1, 0.15) is 30.5 Å². The highest BCUT2D eigenvalue weighted by molar-refractivity contribution is 7.09. The van der Waals surface area contributed by atoms with Crippen LogP contribution in [0.25, 0.3) is 0 Å². The molecule has 1 saturated heterocycles. The first-order valence-corrected chi connectivity index (χ1v) is 8.28. The molecule has 0 aromatic carbocycles. The van der Waals surface area contributed by atoms with E-state index in [1.165, 1.54) is 10.7 Å². The first-order valence-electron chi connectivity index (χ1n) is 7.40. The van der Waals surface area contributed by atoms with E-state index in [0.717, 1.165) is 38.5 Å². The van der Waals surface area contributed by atoms with E-state index in [9.17, 15) is 0 Å². The van der Waals surface area contributed by atoms with Gasteiger partial charge in [-0.05, 0) is 0 Å². The molecule has 2 aromatic rings. The number of rotatable bonds is 4. The summed E-state index contributed by atoms with van der Waals surface area (Å²) in [7, 11) is 0. The summed E-state index contributed by atoms with van der Waals surface area (Å²) in [4.78, 5) is 18.0. The minimum Gasteiger partial charge on any atom is -0.353 e. The molecule has 0 radical (unpaired) electrons. The van der Waals surface area contributed by atoms with Gasteiger partial charge in [0.1, 0.15) is 5.82 Å². The van der Waals surface area contributed by atoms with Crippen LogP contribution in [-0.4, -0.2) is 46.0 Å². The van der Waals surface area contributed by atoms with E-state index in [0.29, 0.717) is 5.92 Å². The molecule has 1 aliphatic heterocycles. The van der Waals surface area contributed by atoms with Crippen LogP contribution in [0.15, 0.2) is 24.0 Å². The van der Waals surface area contributed by atoms with Gasteiger partial charge in [0.25, 0.3) is 0 Å². The summed E-state index contributed by atoms with van der Waals surface area (Å²) in [5, 5.41) is 3.44. The predicted octanol–water partition coefficient (Wildman–Crippen LogP) is 2.38. The summed E-state index contributed by atoms with van der Waals surface area (Å²) in [5.41, 5.74) is 1.21. The van der Waals surface area contributed by atoms with Crippen molar-refractivity contribution < 1.29 is 0 Å². The molecule has 112 valence electrons. The first-order chi connectivity index (χ1) is 10.2. The van der Waals surface area contributed by atoms with Crippen molar-refractivity contribution in [2.45, 2.75) is 26.3 Å². The van der Waals surface area contributed by atoms with Crippen LogP contribution in [-0.2, 0) is 6.54 Å². The molecule has 0 bridgehead atoms. The SMILES string of the molecule is CC(C)c1nc(CN2CCN(c3cnccn3)CC2)cs1. The van der Waals surface area contributed by atoms with E-state index >= 15 is 0 Å². The molecule has 3 rings (SSSR count). The average molecular weight is 303 g/mol. The van der Waals surface area contributed by atoms with Crippen molar-refractivity contribution in [2.75, 3.05) is 31.1 Å². The first kappa shape index (κ1) is 14.4. The number of thiazole rings is 1. The fourth-order valence-electron chi connectivity index (χ4n) is 2.48. The molecule has 0 spiro atoms. The third-order valence-electron chi connectivity index (χ3n) is 3.69. The number of anilines is 1.